The number of epoxide rings is 1. The topological polar surface area (TPSA) is 75.9 Å². The van der Waals surface area contributed by atoms with Crippen molar-refractivity contribution >= 4 is 11.8 Å². The quantitative estimate of drug-likeness (QED) is 0.821. The summed E-state index contributed by atoms with van der Waals surface area (Å²) in [5.41, 5.74) is 7.24. The van der Waals surface area contributed by atoms with Gasteiger partial charge in [-0.2, -0.15) is 0 Å². The van der Waals surface area contributed by atoms with E-state index in [0.717, 1.165) is 11.1 Å². The van der Waals surface area contributed by atoms with E-state index in [-0.39, 0.29) is 5.91 Å². The van der Waals surface area contributed by atoms with Gasteiger partial charge < -0.3 is 15.4 Å². The lowest BCUT2D eigenvalue weighted by Crippen LogP contribution is -2.36. The van der Waals surface area contributed by atoms with E-state index in [4.69, 9.17) is 10.5 Å². The Morgan fingerprint density at radius 1 is 0.870 bits per heavy atom. The Balaban J connectivity index is 1.76. The van der Waals surface area contributed by atoms with Crippen molar-refractivity contribution in [3.05, 3.63) is 71.8 Å². The average molecular weight is 310 g/mol. The van der Waals surface area contributed by atoms with Crippen molar-refractivity contribution in [3.8, 4) is 0 Å². The zero-order chi connectivity index (χ0) is 16.2. The highest BCUT2D eigenvalue weighted by Gasteiger charge is 2.50. The van der Waals surface area contributed by atoms with Crippen molar-refractivity contribution in [1.82, 2.24) is 4.90 Å². The van der Waals surface area contributed by atoms with Gasteiger partial charge >= 0.3 is 0 Å². The lowest BCUT2D eigenvalue weighted by atomic mass is 10.1. The molecular weight excluding hydrogens is 292 g/mol. The van der Waals surface area contributed by atoms with Crippen LogP contribution in [0.3, 0.4) is 0 Å². The van der Waals surface area contributed by atoms with Crippen LogP contribution in [-0.2, 0) is 27.4 Å². The zero-order valence-corrected chi connectivity index (χ0v) is 12.6. The first kappa shape index (κ1) is 15.2. The van der Waals surface area contributed by atoms with Crippen LogP contribution in [0.25, 0.3) is 0 Å². The number of nitrogens with zero attached hydrogens (tertiary/aromatic N) is 1. The highest BCUT2D eigenvalue weighted by molar-refractivity contribution is 5.94. The molecule has 1 saturated heterocycles. The Kier molecular flexibility index (Phi) is 4.39. The molecule has 23 heavy (non-hydrogen) atoms. The standard InChI is InChI=1S/C18H18N2O3/c19-17(21)15-16(23-15)18(22)20(11-13-7-3-1-4-8-13)12-14-9-5-2-6-10-14/h1-10,15-16H,11-12H2,(H2,19,21). The minimum atomic E-state index is -0.795. The molecule has 5 nitrogen and oxygen atoms in total. The third-order valence-electron chi connectivity index (χ3n) is 3.76. The summed E-state index contributed by atoms with van der Waals surface area (Å²) < 4.78 is 5.13. The van der Waals surface area contributed by atoms with Gasteiger partial charge in [0.25, 0.3) is 5.91 Å². The van der Waals surface area contributed by atoms with Crippen LogP contribution in [0.2, 0.25) is 0 Å². The minimum Gasteiger partial charge on any atom is -0.367 e. The largest absolute Gasteiger partial charge is 0.367 e. The Morgan fingerprint density at radius 3 is 1.74 bits per heavy atom. The van der Waals surface area contributed by atoms with E-state index in [0.29, 0.717) is 13.1 Å². The summed E-state index contributed by atoms with van der Waals surface area (Å²) >= 11 is 0. The molecule has 1 heterocycles. The second-order valence-electron chi connectivity index (χ2n) is 5.55. The number of amides is 2. The highest BCUT2D eigenvalue weighted by Crippen LogP contribution is 2.25. The van der Waals surface area contributed by atoms with E-state index in [1.54, 1.807) is 4.90 Å². The van der Waals surface area contributed by atoms with Crippen LogP contribution in [0.15, 0.2) is 60.7 Å². The number of hydrogen-bond acceptors (Lipinski definition) is 3. The predicted molar refractivity (Wildman–Crippen MR) is 85.0 cm³/mol. The first-order valence-corrected chi connectivity index (χ1v) is 7.46. The van der Waals surface area contributed by atoms with Crippen LogP contribution >= 0.6 is 0 Å². The molecule has 3 rings (SSSR count). The van der Waals surface area contributed by atoms with Gasteiger partial charge in [-0.05, 0) is 11.1 Å². The molecule has 2 aromatic rings. The lowest BCUT2D eigenvalue weighted by Gasteiger charge is -2.22. The number of nitrogens with two attached hydrogens (primary N) is 1. The first-order valence-electron chi connectivity index (χ1n) is 7.46. The summed E-state index contributed by atoms with van der Waals surface area (Å²) in [6.07, 6.45) is -1.54. The predicted octanol–water partition coefficient (Wildman–Crippen LogP) is 1.47. The molecule has 1 aliphatic rings. The molecule has 0 spiro atoms. The second kappa shape index (κ2) is 6.62. The Morgan fingerprint density at radius 2 is 1.35 bits per heavy atom. The van der Waals surface area contributed by atoms with Gasteiger partial charge in [-0.3, -0.25) is 9.59 Å². The summed E-state index contributed by atoms with van der Waals surface area (Å²) in [6.45, 7) is 0.916. The maximum Gasteiger partial charge on any atom is 0.255 e. The Hall–Kier alpha value is -2.66. The van der Waals surface area contributed by atoms with Crippen molar-refractivity contribution < 1.29 is 14.3 Å². The molecule has 0 bridgehead atoms. The fraction of sp³-hybridized carbons (Fsp3) is 0.222. The third kappa shape index (κ3) is 3.76. The van der Waals surface area contributed by atoms with Crippen LogP contribution in [0.1, 0.15) is 11.1 Å². The molecule has 1 aliphatic heterocycles. The molecule has 2 unspecified atom stereocenters. The monoisotopic (exact) mass is 310 g/mol. The number of primary amides is 1. The lowest BCUT2D eigenvalue weighted by molar-refractivity contribution is -0.134. The first-order chi connectivity index (χ1) is 11.1. The fourth-order valence-electron chi connectivity index (χ4n) is 2.52. The van der Waals surface area contributed by atoms with Gasteiger partial charge in [0, 0.05) is 13.1 Å². The number of carbonyl (C=O) groups excluding carboxylic acids is 2. The van der Waals surface area contributed by atoms with Crippen molar-refractivity contribution in [2.45, 2.75) is 25.3 Å². The Labute approximate surface area is 134 Å². The van der Waals surface area contributed by atoms with E-state index >= 15 is 0 Å². The van der Waals surface area contributed by atoms with Crippen LogP contribution < -0.4 is 5.73 Å². The molecule has 0 aliphatic carbocycles. The van der Waals surface area contributed by atoms with Crippen LogP contribution in [-0.4, -0.2) is 28.9 Å². The molecule has 1 fully saturated rings. The average Bonchev–Trinajstić information content (AvgIpc) is 3.36. The molecule has 2 atom stereocenters. The minimum absolute atomic E-state index is 0.207. The smallest absolute Gasteiger partial charge is 0.255 e. The molecule has 5 heteroatoms. The van der Waals surface area contributed by atoms with Gasteiger partial charge in [0.15, 0.2) is 12.2 Å². The molecule has 2 N–H and O–H groups in total. The summed E-state index contributed by atoms with van der Waals surface area (Å²) in [6, 6.07) is 19.4. The van der Waals surface area contributed by atoms with Gasteiger partial charge in [0.05, 0.1) is 0 Å². The molecular formula is C18H18N2O3. The summed E-state index contributed by atoms with van der Waals surface area (Å²) in [4.78, 5) is 25.5. The van der Waals surface area contributed by atoms with Crippen molar-refractivity contribution in [3.63, 3.8) is 0 Å². The number of benzene rings is 2. The van der Waals surface area contributed by atoms with Gasteiger partial charge in [0.1, 0.15) is 0 Å². The molecule has 2 aromatic carbocycles. The molecule has 0 radical (unpaired) electrons. The van der Waals surface area contributed by atoms with Gasteiger partial charge in [-0.15, -0.1) is 0 Å². The summed E-state index contributed by atoms with van der Waals surface area (Å²) in [7, 11) is 0. The zero-order valence-electron chi connectivity index (χ0n) is 12.6. The molecule has 2 amide bonds. The normalized spacial score (nSPS) is 19.1. The summed E-state index contributed by atoms with van der Waals surface area (Å²) in [5.74, 6) is -0.802. The van der Waals surface area contributed by atoms with E-state index in [2.05, 4.69) is 0 Å². The number of carbonyl (C=O) groups is 2. The molecule has 0 saturated carbocycles. The van der Waals surface area contributed by atoms with Crippen molar-refractivity contribution in [2.75, 3.05) is 0 Å². The van der Waals surface area contributed by atoms with E-state index < -0.39 is 18.1 Å². The maximum absolute atomic E-state index is 12.6. The van der Waals surface area contributed by atoms with Crippen LogP contribution in [0.4, 0.5) is 0 Å². The van der Waals surface area contributed by atoms with Gasteiger partial charge in [-0.1, -0.05) is 60.7 Å². The summed E-state index contributed by atoms with van der Waals surface area (Å²) in [5, 5.41) is 0. The highest BCUT2D eigenvalue weighted by atomic mass is 16.6. The Bertz CT molecular complexity index is 646. The van der Waals surface area contributed by atoms with E-state index in [1.807, 2.05) is 60.7 Å². The molecule has 118 valence electrons. The second-order valence-corrected chi connectivity index (χ2v) is 5.55. The molecule has 0 aromatic heterocycles. The number of rotatable bonds is 6. The van der Waals surface area contributed by atoms with Gasteiger partial charge in [-0.25, -0.2) is 0 Å². The third-order valence-corrected chi connectivity index (χ3v) is 3.76. The van der Waals surface area contributed by atoms with Crippen LogP contribution in [0.5, 0.6) is 0 Å². The maximum atomic E-state index is 12.6. The fourth-order valence-corrected chi connectivity index (χ4v) is 2.52. The van der Waals surface area contributed by atoms with E-state index in [9.17, 15) is 9.59 Å². The van der Waals surface area contributed by atoms with Gasteiger partial charge in [0.2, 0.25) is 5.91 Å². The number of ether oxygens (including phenoxy) is 1. The van der Waals surface area contributed by atoms with E-state index in [1.165, 1.54) is 0 Å². The van der Waals surface area contributed by atoms with Crippen molar-refractivity contribution in [2.24, 2.45) is 5.73 Å². The number of hydrogen-bond donors (Lipinski definition) is 1. The van der Waals surface area contributed by atoms with Crippen molar-refractivity contribution in [1.29, 1.82) is 0 Å². The van der Waals surface area contributed by atoms with Crippen LogP contribution in [0, 0.1) is 0 Å². The SMILES string of the molecule is NC(=O)C1OC1C(=O)N(Cc1ccccc1)Cc1ccccc1.